The molecule has 3 aliphatic rings. The van der Waals surface area contributed by atoms with Crippen molar-refractivity contribution < 1.29 is 31.9 Å². The molecule has 0 N–H and O–H groups in total. The standard InChI is InChI=1S/C62H39NO2.C42H44B2NO4.C17H12O/c1-2-12-40(13-3-1)41-22-24-42(25-23-41)43-26-32-48(33-27-43)63(49-34-28-44(29-35-49)55-38-46-14-4-6-16-51(46)59-53-18-8-10-20-57(53)64-61(55)59)50-36-30-45(31-37-50)56-39-47-15-5-7-17-52(47)60-54-19-9-11-21-58(54)65-62(56)60;1-39(2)40(3,4)47-43(46-39)34-20-26-37(27-21-34)45(38-28-22-35(23-29-38)44-48-41(5,6)42(7,8)49-44)36-24-18-33(19-25-36)32-16-14-31(15-17-32)30-12-10-9-11-13-30;1-11-10-12-6-2-3-7-13(12)16-14-8-4-5-9-15(14)18-17(11)16/h1-39H;10-29H,1-8H3;2-10H,1H3/q;+1;. The van der Waals surface area contributed by atoms with Gasteiger partial charge in [-0.05, 0) is 265 Å². The van der Waals surface area contributed by atoms with Crippen LogP contribution in [0.5, 0.6) is 0 Å². The molecule has 11 heteroatoms. The quantitative estimate of drug-likeness (QED) is 0.0781. The highest BCUT2D eigenvalue weighted by Gasteiger charge is 2.53. The molecule has 3 aromatic heterocycles. The van der Waals surface area contributed by atoms with Gasteiger partial charge in [0.2, 0.25) is 0 Å². The number of rotatable bonds is 14. The number of allylic oxidation sites excluding steroid dienone is 6. The van der Waals surface area contributed by atoms with Crippen LogP contribution in [0.15, 0.2) is 426 Å². The largest absolute Gasteiger partial charge is 0.494 e. The van der Waals surface area contributed by atoms with Gasteiger partial charge >= 0.3 is 14.2 Å². The van der Waals surface area contributed by atoms with Crippen LogP contribution in [0, 0.1) is 13.0 Å². The minimum Gasteiger partial charge on any atom is -0.456 e. The molecule has 18 aromatic carbocycles. The molecule has 2 saturated heterocycles. The maximum absolute atomic E-state index is 6.64. The number of furan rings is 3. The van der Waals surface area contributed by atoms with E-state index in [1.807, 2.05) is 36.4 Å². The van der Waals surface area contributed by atoms with E-state index in [0.717, 1.165) is 133 Å². The van der Waals surface area contributed by atoms with E-state index in [-0.39, 0.29) is 0 Å². The predicted octanol–water partition coefficient (Wildman–Crippen LogP) is 31.7. The molecule has 2 fully saturated rings. The van der Waals surface area contributed by atoms with E-state index < -0.39 is 36.6 Å². The van der Waals surface area contributed by atoms with Gasteiger partial charge in [0, 0.05) is 89.2 Å². The van der Waals surface area contributed by atoms with Crippen LogP contribution in [0.3, 0.4) is 0 Å². The van der Waals surface area contributed by atoms with Crippen molar-refractivity contribution in [2.24, 2.45) is 0 Å². The zero-order valence-electron chi connectivity index (χ0n) is 75.2. The average Bonchev–Trinajstić information content (AvgIpc) is 1.58. The van der Waals surface area contributed by atoms with Crippen molar-refractivity contribution in [2.75, 3.05) is 9.80 Å². The Bertz CT molecular complexity index is 7740. The molecule has 0 unspecified atom stereocenters. The fraction of sp³-hybridized carbons (Fsp3) is 0.107. The smallest absolute Gasteiger partial charge is 0.456 e. The minimum atomic E-state index is -0.419. The predicted molar refractivity (Wildman–Crippen MR) is 551 cm³/mol. The Balaban J connectivity index is 0.000000133. The zero-order chi connectivity index (χ0) is 89.6. The third kappa shape index (κ3) is 15.2. The molecule has 0 spiro atoms. The Morgan fingerprint density at radius 1 is 0.258 bits per heavy atom. The van der Waals surface area contributed by atoms with Crippen molar-refractivity contribution >= 4 is 163 Å². The van der Waals surface area contributed by atoms with Crippen molar-refractivity contribution in [2.45, 2.75) is 84.7 Å². The maximum Gasteiger partial charge on any atom is 0.494 e. The maximum atomic E-state index is 6.64. The van der Waals surface area contributed by atoms with Crippen molar-refractivity contribution in [1.29, 1.82) is 0 Å². The Kier molecular flexibility index (Phi) is 20.9. The monoisotopic (exact) mass is 1710 g/mol. The summed E-state index contributed by atoms with van der Waals surface area (Å²) in [5.74, 6) is 0. The number of para-hydroxylation sites is 3. The van der Waals surface area contributed by atoms with E-state index >= 15 is 0 Å². The lowest BCUT2D eigenvalue weighted by atomic mass is 9.79. The summed E-state index contributed by atoms with van der Waals surface area (Å²) in [5, 5.41) is 14.3. The van der Waals surface area contributed by atoms with Gasteiger partial charge in [-0.25, -0.2) is 0 Å². The zero-order valence-corrected chi connectivity index (χ0v) is 75.2. The molecule has 1 aliphatic carbocycles. The number of hydrogen-bond donors (Lipinski definition) is 0. The van der Waals surface area contributed by atoms with Gasteiger partial charge < -0.3 is 41.7 Å². The van der Waals surface area contributed by atoms with E-state index in [2.05, 4.69) is 454 Å². The highest BCUT2D eigenvalue weighted by molar-refractivity contribution is 6.62. The molecule has 5 heterocycles. The number of anilines is 6. The van der Waals surface area contributed by atoms with Gasteiger partial charge in [0.1, 0.15) is 45.7 Å². The van der Waals surface area contributed by atoms with E-state index in [1.54, 1.807) is 0 Å². The molecule has 0 amide bonds. The second-order valence-corrected chi connectivity index (χ2v) is 36.6. The number of aryl methyl sites for hydroxylation is 1. The number of nitrogens with zero attached hydrogens (tertiary/aromatic N) is 2. The third-order valence-electron chi connectivity index (χ3n) is 27.4. The summed E-state index contributed by atoms with van der Waals surface area (Å²) in [5.41, 5.74) is 27.2. The van der Waals surface area contributed by atoms with Gasteiger partial charge in [-0.3, -0.25) is 0 Å². The first kappa shape index (κ1) is 82.5. The van der Waals surface area contributed by atoms with Crippen LogP contribution in [0.25, 0.3) is 159 Å². The van der Waals surface area contributed by atoms with Crippen LogP contribution in [0.1, 0.15) is 66.5 Å². The number of fused-ring (bicyclic) bond motifs is 15. The summed E-state index contributed by atoms with van der Waals surface area (Å²) in [4.78, 5) is 4.60. The van der Waals surface area contributed by atoms with E-state index in [1.165, 1.54) is 82.0 Å². The highest BCUT2D eigenvalue weighted by atomic mass is 16.7. The van der Waals surface area contributed by atoms with Gasteiger partial charge in [0.25, 0.3) is 0 Å². The molecule has 9 nitrogen and oxygen atoms in total. The fourth-order valence-corrected chi connectivity index (χ4v) is 18.8. The lowest BCUT2D eigenvalue weighted by Gasteiger charge is -2.32. The summed E-state index contributed by atoms with van der Waals surface area (Å²) in [6, 6.07) is 138. The normalized spacial score (nSPS) is 14.7. The first-order valence-corrected chi connectivity index (χ1v) is 45.4. The van der Waals surface area contributed by atoms with E-state index in [4.69, 9.17) is 31.9 Å². The van der Waals surface area contributed by atoms with Gasteiger partial charge in [-0.2, -0.15) is 0 Å². The van der Waals surface area contributed by atoms with Crippen molar-refractivity contribution in [3.8, 4) is 55.6 Å². The first-order chi connectivity index (χ1) is 64.3. The second-order valence-electron chi connectivity index (χ2n) is 36.6. The average molecular weight is 1710 g/mol. The van der Waals surface area contributed by atoms with Crippen LogP contribution in [0.4, 0.5) is 34.1 Å². The third-order valence-corrected chi connectivity index (χ3v) is 27.4. The molecule has 0 atom stereocenters. The summed E-state index contributed by atoms with van der Waals surface area (Å²) in [7, 11) is -0.838. The Hall–Kier alpha value is -15.2. The van der Waals surface area contributed by atoms with Crippen LogP contribution in [-0.4, -0.2) is 36.6 Å². The summed E-state index contributed by atoms with van der Waals surface area (Å²) in [6.45, 7) is 18.7. The van der Waals surface area contributed by atoms with Gasteiger partial charge in [-0.1, -0.05) is 279 Å². The van der Waals surface area contributed by atoms with Gasteiger partial charge in [0.15, 0.2) is 0 Å². The first-order valence-electron chi connectivity index (χ1n) is 45.4. The van der Waals surface area contributed by atoms with Gasteiger partial charge in [-0.15, -0.1) is 0 Å². The van der Waals surface area contributed by atoms with Crippen LogP contribution >= 0.6 is 0 Å². The van der Waals surface area contributed by atoms with Crippen molar-refractivity contribution in [1.82, 2.24) is 0 Å². The number of hydrogen-bond acceptors (Lipinski definition) is 9. The lowest BCUT2D eigenvalue weighted by Crippen LogP contribution is -2.41. The topological polar surface area (TPSA) is 82.8 Å². The molecule has 636 valence electrons. The van der Waals surface area contributed by atoms with E-state index in [0.29, 0.717) is 0 Å². The molecule has 24 rings (SSSR count). The Morgan fingerprint density at radius 2 is 0.530 bits per heavy atom. The summed E-state index contributed by atoms with van der Waals surface area (Å²) < 4.78 is 44.6. The minimum absolute atomic E-state index is 0.399. The van der Waals surface area contributed by atoms with Crippen LogP contribution in [-0.2, 0) is 18.6 Å². The Morgan fingerprint density at radius 3 is 0.879 bits per heavy atom. The van der Waals surface area contributed by atoms with Crippen molar-refractivity contribution in [3.63, 3.8) is 0 Å². The fourth-order valence-electron chi connectivity index (χ4n) is 18.8. The summed E-state index contributed by atoms with van der Waals surface area (Å²) in [6.07, 6.45) is 11.2. The highest BCUT2D eigenvalue weighted by Crippen LogP contribution is 2.48. The second kappa shape index (κ2) is 33.4. The van der Waals surface area contributed by atoms with Crippen molar-refractivity contribution in [3.05, 3.63) is 430 Å². The number of benzene rings is 18. The Labute approximate surface area is 769 Å². The molecule has 0 bridgehead atoms. The molecule has 0 saturated carbocycles. The van der Waals surface area contributed by atoms with Crippen LogP contribution in [0.2, 0.25) is 0 Å². The molecular formula is C121H95B2N2O7+. The van der Waals surface area contributed by atoms with Gasteiger partial charge in [0.05, 0.1) is 40.1 Å². The molecule has 2 aliphatic heterocycles. The summed E-state index contributed by atoms with van der Waals surface area (Å²) >= 11 is 0. The molecule has 0 radical (unpaired) electrons. The lowest BCUT2D eigenvalue weighted by molar-refractivity contribution is 0.00578. The van der Waals surface area contributed by atoms with E-state index in [9.17, 15) is 0 Å². The van der Waals surface area contributed by atoms with Crippen LogP contribution < -0.4 is 20.7 Å². The SMILES string of the molecule is CC1(C)OB(c2ccc(N(c3ccc(B4OC(C)(C)C(C)(C)O4)cc3)c3ccc(-c4ccc(C5=CC=[C+]C=C5)cc4)cc3)cc2)OC1(C)C.Cc1cc2ccccc2c2c1oc1ccccc12.c1ccc(-c2ccc(-c3ccc(N(c4ccc(-c5cc6ccccc6c6c5oc5ccccc56)cc4)c4ccc(-c5cc6ccccc6c6c5oc5ccccc56)cc4)cc3)cc2)cc1. The molecular weight excluding hydrogens is 1610 g/mol. The molecule has 21 aromatic rings. The molecule has 132 heavy (non-hydrogen) atoms.